The molecule has 3 atom stereocenters. The highest BCUT2D eigenvalue weighted by molar-refractivity contribution is 5.13. The second-order valence-electron chi connectivity index (χ2n) is 8.61. The molecule has 152 valence electrons. The third kappa shape index (κ3) is 7.19. The average molecular weight is 375 g/mol. The summed E-state index contributed by atoms with van der Waals surface area (Å²) < 4.78 is 5.79. The molecule has 2 aliphatic heterocycles. The Morgan fingerprint density at radius 1 is 1.00 bits per heavy atom. The molecule has 2 unspecified atom stereocenters. The molecule has 2 heterocycles. The van der Waals surface area contributed by atoms with Crippen molar-refractivity contribution >= 4 is 0 Å². The van der Waals surface area contributed by atoms with Gasteiger partial charge in [-0.05, 0) is 56.0 Å². The first-order valence-electron chi connectivity index (χ1n) is 11.0. The number of ether oxygens (including phenoxy) is 1. The van der Waals surface area contributed by atoms with Gasteiger partial charge in [0.1, 0.15) is 0 Å². The van der Waals surface area contributed by atoms with Crippen LogP contribution < -0.4 is 0 Å². The fourth-order valence-electron chi connectivity index (χ4n) is 4.73. The Morgan fingerprint density at radius 3 is 2.41 bits per heavy atom. The number of fused-ring (bicyclic) bond motifs is 2. The van der Waals surface area contributed by atoms with Gasteiger partial charge in [0.15, 0.2) is 0 Å². The van der Waals surface area contributed by atoms with E-state index >= 15 is 0 Å². The maximum Gasteiger partial charge on any atom is 0.0716 e. The first-order valence-corrected chi connectivity index (χ1v) is 11.0. The van der Waals surface area contributed by atoms with Crippen LogP contribution in [0.2, 0.25) is 0 Å². The zero-order valence-corrected chi connectivity index (χ0v) is 17.1. The van der Waals surface area contributed by atoms with Crippen LogP contribution in [0, 0.1) is 11.8 Å². The summed E-state index contributed by atoms with van der Waals surface area (Å²) in [7, 11) is 0. The zero-order valence-electron chi connectivity index (χ0n) is 17.1. The minimum absolute atomic E-state index is 0.149. The van der Waals surface area contributed by atoms with Gasteiger partial charge >= 0.3 is 0 Å². The number of hydrogen-bond acceptors (Lipinski definition) is 4. The number of rotatable bonds is 11. The number of β-amino-alcohol motifs (C(OH)–C–C–N with tert-alkyl or cyclic N) is 1. The van der Waals surface area contributed by atoms with Gasteiger partial charge in [-0.3, -0.25) is 0 Å². The first-order chi connectivity index (χ1) is 13.2. The number of piperidine rings is 2. The van der Waals surface area contributed by atoms with E-state index in [-0.39, 0.29) is 6.10 Å². The summed E-state index contributed by atoms with van der Waals surface area (Å²) in [4.78, 5) is 5.20. The lowest BCUT2D eigenvalue weighted by Crippen LogP contribution is -2.53. The van der Waals surface area contributed by atoms with Gasteiger partial charge in [-0.2, -0.15) is 0 Å². The zero-order chi connectivity index (χ0) is 18.9. The van der Waals surface area contributed by atoms with Crippen molar-refractivity contribution in [3.8, 4) is 0 Å². The van der Waals surface area contributed by atoms with Crippen molar-refractivity contribution in [1.82, 2.24) is 9.80 Å². The minimum atomic E-state index is -0.149. The minimum Gasteiger partial charge on any atom is -0.392 e. The highest BCUT2D eigenvalue weighted by atomic mass is 16.5. The SMILES string of the molecule is CC[C@H](O)CN1CC2CC(CN(CCCCCOCc3ccccc3)C2)C1. The molecule has 4 heteroatoms. The smallest absolute Gasteiger partial charge is 0.0716 e. The van der Waals surface area contributed by atoms with Gasteiger partial charge in [0.05, 0.1) is 12.7 Å². The van der Waals surface area contributed by atoms with Gasteiger partial charge in [0.2, 0.25) is 0 Å². The maximum atomic E-state index is 9.93. The molecule has 0 aliphatic carbocycles. The van der Waals surface area contributed by atoms with Crippen molar-refractivity contribution < 1.29 is 9.84 Å². The molecule has 1 aromatic carbocycles. The fraction of sp³-hybridized carbons (Fsp3) is 0.739. The Hall–Kier alpha value is -0.940. The van der Waals surface area contributed by atoms with Crippen molar-refractivity contribution in [3.05, 3.63) is 35.9 Å². The van der Waals surface area contributed by atoms with Gasteiger partial charge in [-0.15, -0.1) is 0 Å². The van der Waals surface area contributed by atoms with Crippen LogP contribution in [0.3, 0.4) is 0 Å². The van der Waals surface area contributed by atoms with Crippen LogP contribution in [0.1, 0.15) is 44.6 Å². The second-order valence-corrected chi connectivity index (χ2v) is 8.61. The number of nitrogens with zero attached hydrogens (tertiary/aromatic N) is 2. The molecule has 4 nitrogen and oxygen atoms in total. The molecule has 0 saturated carbocycles. The molecule has 2 aliphatic rings. The number of aliphatic hydroxyl groups excluding tert-OH is 1. The Labute approximate surface area is 165 Å². The third-order valence-corrected chi connectivity index (χ3v) is 6.05. The summed E-state index contributed by atoms with van der Waals surface area (Å²) in [5.41, 5.74) is 1.26. The van der Waals surface area contributed by atoms with Crippen molar-refractivity contribution in [2.75, 3.05) is 45.9 Å². The molecule has 2 fully saturated rings. The standard InChI is InChI=1S/C23H38N2O2/c1-2-23(26)18-25-16-21-13-22(17-25)15-24(14-21)11-7-4-8-12-27-19-20-9-5-3-6-10-20/h3,5-6,9-10,21-23,26H,2,4,7-8,11-19H2,1H3/t21?,22?,23-/m0/s1. The predicted octanol–water partition coefficient (Wildman–Crippen LogP) is 3.40. The summed E-state index contributed by atoms with van der Waals surface area (Å²) in [6, 6.07) is 10.4. The van der Waals surface area contributed by atoms with Gasteiger partial charge in [0, 0.05) is 39.3 Å². The van der Waals surface area contributed by atoms with Crippen LogP contribution in [0.15, 0.2) is 30.3 Å². The molecule has 2 saturated heterocycles. The third-order valence-electron chi connectivity index (χ3n) is 6.05. The largest absolute Gasteiger partial charge is 0.392 e. The first kappa shape index (κ1) is 20.8. The van der Waals surface area contributed by atoms with Gasteiger partial charge in [-0.1, -0.05) is 37.3 Å². The van der Waals surface area contributed by atoms with Crippen LogP contribution in [0.4, 0.5) is 0 Å². The van der Waals surface area contributed by atoms with Crippen LogP contribution in [0.25, 0.3) is 0 Å². The number of hydrogen-bond donors (Lipinski definition) is 1. The summed E-state index contributed by atoms with van der Waals surface area (Å²) >= 11 is 0. The molecule has 1 N–H and O–H groups in total. The topological polar surface area (TPSA) is 35.9 Å². The van der Waals surface area contributed by atoms with Gasteiger partial charge in [-0.25, -0.2) is 0 Å². The molecule has 3 rings (SSSR count). The maximum absolute atomic E-state index is 9.93. The lowest BCUT2D eigenvalue weighted by atomic mass is 9.84. The Morgan fingerprint density at radius 2 is 1.70 bits per heavy atom. The van der Waals surface area contributed by atoms with E-state index in [1.54, 1.807) is 0 Å². The average Bonchev–Trinajstić information content (AvgIpc) is 2.67. The number of unbranched alkanes of at least 4 members (excludes halogenated alkanes) is 2. The van der Waals surface area contributed by atoms with Gasteiger partial charge in [0.25, 0.3) is 0 Å². The normalized spacial score (nSPS) is 24.8. The summed E-state index contributed by atoms with van der Waals surface area (Å²) in [6.07, 6.45) is 5.82. The van der Waals surface area contributed by atoms with Crippen LogP contribution in [-0.2, 0) is 11.3 Å². The second kappa shape index (κ2) is 11.2. The van der Waals surface area contributed by atoms with Crippen LogP contribution >= 0.6 is 0 Å². The molecule has 0 amide bonds. The van der Waals surface area contributed by atoms with Gasteiger partial charge < -0.3 is 19.6 Å². The van der Waals surface area contributed by atoms with Crippen molar-refractivity contribution in [1.29, 1.82) is 0 Å². The van der Waals surface area contributed by atoms with Crippen molar-refractivity contribution in [2.24, 2.45) is 11.8 Å². The lowest BCUT2D eigenvalue weighted by molar-refractivity contribution is 0.00824. The Bertz CT molecular complexity index is 510. The molecule has 0 radical (unpaired) electrons. The van der Waals surface area contributed by atoms with E-state index in [0.29, 0.717) is 0 Å². The highest BCUT2D eigenvalue weighted by Gasteiger charge is 2.34. The molecule has 2 bridgehead atoms. The van der Waals surface area contributed by atoms with E-state index in [0.717, 1.165) is 44.4 Å². The highest BCUT2D eigenvalue weighted by Crippen LogP contribution is 2.29. The van der Waals surface area contributed by atoms with Crippen molar-refractivity contribution in [3.63, 3.8) is 0 Å². The molecule has 1 aromatic rings. The van der Waals surface area contributed by atoms with E-state index in [9.17, 15) is 5.11 Å². The molecule has 0 aromatic heterocycles. The van der Waals surface area contributed by atoms with E-state index in [1.807, 2.05) is 6.07 Å². The quantitative estimate of drug-likeness (QED) is 0.602. The fourth-order valence-corrected chi connectivity index (χ4v) is 4.73. The number of likely N-dealkylation sites (tertiary alicyclic amines) is 2. The van der Waals surface area contributed by atoms with Crippen LogP contribution in [0.5, 0.6) is 0 Å². The van der Waals surface area contributed by atoms with E-state index in [2.05, 4.69) is 41.0 Å². The monoisotopic (exact) mass is 374 g/mol. The Kier molecular flexibility index (Phi) is 8.59. The Balaban J connectivity index is 1.24. The van der Waals surface area contributed by atoms with E-state index in [4.69, 9.17) is 4.74 Å². The molecular weight excluding hydrogens is 336 g/mol. The van der Waals surface area contributed by atoms with Crippen molar-refractivity contribution in [2.45, 2.75) is 51.7 Å². The molecule has 27 heavy (non-hydrogen) atoms. The summed E-state index contributed by atoms with van der Waals surface area (Å²) in [5.74, 6) is 1.60. The summed E-state index contributed by atoms with van der Waals surface area (Å²) in [5, 5.41) is 9.93. The van der Waals surface area contributed by atoms with Crippen LogP contribution in [-0.4, -0.2) is 66.9 Å². The molecular formula is C23H38N2O2. The predicted molar refractivity (Wildman–Crippen MR) is 111 cm³/mol. The molecule has 0 spiro atoms. The van der Waals surface area contributed by atoms with E-state index < -0.39 is 0 Å². The summed E-state index contributed by atoms with van der Waals surface area (Å²) in [6.45, 7) is 10.6. The number of aliphatic hydroxyl groups is 1. The van der Waals surface area contributed by atoms with E-state index in [1.165, 1.54) is 57.5 Å². The lowest BCUT2D eigenvalue weighted by Gasteiger charge is -2.46. The number of benzene rings is 1.